The number of H-pyrrole nitrogens is 1. The number of amides is 3. The molecule has 0 spiro atoms. The molecule has 2 aromatic carbocycles. The van der Waals surface area contributed by atoms with E-state index < -0.39 is 60.2 Å². The van der Waals surface area contributed by atoms with E-state index in [2.05, 4.69) is 20.9 Å². The van der Waals surface area contributed by atoms with Gasteiger partial charge < -0.3 is 47.7 Å². The number of hydrogen-bond acceptors (Lipinski definition) is 8. The Hall–Kier alpha value is -4.95. The van der Waals surface area contributed by atoms with Crippen LogP contribution in [-0.4, -0.2) is 80.7 Å². The topological polar surface area (TPSA) is 250 Å². The number of carbonyl (C=O) groups excluding carboxylic acids is 3. The predicted molar refractivity (Wildman–Crippen MR) is 165 cm³/mol. The number of aromatic hydroxyl groups is 1. The van der Waals surface area contributed by atoms with E-state index in [-0.39, 0.29) is 31.4 Å². The van der Waals surface area contributed by atoms with Crippen molar-refractivity contribution in [1.82, 2.24) is 20.9 Å². The van der Waals surface area contributed by atoms with Gasteiger partial charge in [0.2, 0.25) is 17.7 Å². The van der Waals surface area contributed by atoms with E-state index in [9.17, 15) is 39.3 Å². The van der Waals surface area contributed by atoms with Crippen LogP contribution < -0.4 is 27.4 Å². The maximum absolute atomic E-state index is 13.4. The highest BCUT2D eigenvalue weighted by Crippen LogP contribution is 2.19. The van der Waals surface area contributed by atoms with Gasteiger partial charge in [-0.15, -0.1) is 0 Å². The zero-order valence-electron chi connectivity index (χ0n) is 24.7. The molecule has 11 N–H and O–H groups in total. The van der Waals surface area contributed by atoms with Crippen LogP contribution in [0.4, 0.5) is 0 Å². The highest BCUT2D eigenvalue weighted by atomic mass is 16.4. The first-order valence-corrected chi connectivity index (χ1v) is 14.6. The summed E-state index contributed by atoms with van der Waals surface area (Å²) < 4.78 is 0. The number of carbonyl (C=O) groups is 5. The van der Waals surface area contributed by atoms with Gasteiger partial charge in [-0.1, -0.05) is 30.3 Å². The molecule has 45 heavy (non-hydrogen) atoms. The summed E-state index contributed by atoms with van der Waals surface area (Å²) in [4.78, 5) is 66.1. The minimum Gasteiger partial charge on any atom is -0.508 e. The lowest BCUT2D eigenvalue weighted by Gasteiger charge is -2.25. The van der Waals surface area contributed by atoms with Crippen molar-refractivity contribution < 1.29 is 39.3 Å². The zero-order valence-corrected chi connectivity index (χ0v) is 24.7. The number of para-hydroxylation sites is 1. The van der Waals surface area contributed by atoms with Crippen molar-refractivity contribution in [3.63, 3.8) is 0 Å². The third-order valence-electron chi connectivity index (χ3n) is 7.30. The molecule has 1 aromatic heterocycles. The summed E-state index contributed by atoms with van der Waals surface area (Å²) in [6.07, 6.45) is 2.19. The quantitative estimate of drug-likeness (QED) is 0.0887. The van der Waals surface area contributed by atoms with Crippen molar-refractivity contribution in [2.75, 3.05) is 6.54 Å². The molecule has 3 rings (SSSR count). The van der Waals surface area contributed by atoms with E-state index in [0.29, 0.717) is 24.9 Å². The number of rotatable bonds is 18. The number of nitrogens with two attached hydrogens (primary N) is 2. The van der Waals surface area contributed by atoms with Gasteiger partial charge in [0, 0.05) is 29.9 Å². The molecule has 4 unspecified atom stereocenters. The highest BCUT2D eigenvalue weighted by molar-refractivity contribution is 5.94. The molecule has 3 amide bonds. The second-order valence-electron chi connectivity index (χ2n) is 10.8. The van der Waals surface area contributed by atoms with Crippen LogP contribution in [0.5, 0.6) is 5.75 Å². The molecule has 0 aliphatic rings. The molecule has 0 radical (unpaired) electrons. The molecule has 1 heterocycles. The van der Waals surface area contributed by atoms with Crippen molar-refractivity contribution in [1.29, 1.82) is 0 Å². The Morgan fingerprint density at radius 1 is 0.778 bits per heavy atom. The number of carboxylic acids is 2. The van der Waals surface area contributed by atoms with E-state index in [0.717, 1.165) is 16.5 Å². The fourth-order valence-electron chi connectivity index (χ4n) is 4.82. The summed E-state index contributed by atoms with van der Waals surface area (Å²) in [6.45, 7) is 0.351. The number of nitrogens with one attached hydrogen (secondary N) is 4. The molecule has 242 valence electrons. The van der Waals surface area contributed by atoms with Crippen LogP contribution in [0.3, 0.4) is 0 Å². The van der Waals surface area contributed by atoms with Crippen molar-refractivity contribution in [2.24, 2.45) is 11.5 Å². The Morgan fingerprint density at radius 2 is 1.40 bits per heavy atom. The van der Waals surface area contributed by atoms with Crippen molar-refractivity contribution >= 4 is 40.6 Å². The Balaban J connectivity index is 1.72. The lowest BCUT2D eigenvalue weighted by Crippen LogP contribution is -2.57. The minimum atomic E-state index is -1.41. The van der Waals surface area contributed by atoms with E-state index in [4.69, 9.17) is 11.5 Å². The van der Waals surface area contributed by atoms with Crippen LogP contribution >= 0.6 is 0 Å². The Kier molecular flexibility index (Phi) is 12.9. The van der Waals surface area contributed by atoms with Crippen molar-refractivity contribution in [3.05, 3.63) is 65.9 Å². The fraction of sp³-hybridized carbons (Fsp3) is 0.387. The second kappa shape index (κ2) is 16.8. The number of hydrogen-bond donors (Lipinski definition) is 9. The number of carboxylic acid groups (broad SMARTS) is 2. The third-order valence-corrected chi connectivity index (χ3v) is 7.30. The van der Waals surface area contributed by atoms with Gasteiger partial charge in [0.05, 0.1) is 6.04 Å². The van der Waals surface area contributed by atoms with Gasteiger partial charge in [-0.25, -0.2) is 4.79 Å². The van der Waals surface area contributed by atoms with E-state index in [1.165, 1.54) is 24.3 Å². The molecular formula is C31H40N6O8. The number of aromatic nitrogens is 1. The first-order chi connectivity index (χ1) is 21.5. The normalized spacial score (nSPS) is 13.7. The predicted octanol–water partition coefficient (Wildman–Crippen LogP) is 0.519. The lowest BCUT2D eigenvalue weighted by atomic mass is 10.0. The summed E-state index contributed by atoms with van der Waals surface area (Å²) in [5.74, 6) is -4.85. The number of unbranched alkanes of at least 4 members (excludes halogenated alkanes) is 1. The maximum Gasteiger partial charge on any atom is 0.326 e. The number of aromatic amines is 1. The van der Waals surface area contributed by atoms with Gasteiger partial charge in [0.25, 0.3) is 0 Å². The largest absolute Gasteiger partial charge is 0.508 e. The molecular weight excluding hydrogens is 584 g/mol. The van der Waals surface area contributed by atoms with Crippen LogP contribution in [0.2, 0.25) is 0 Å². The summed E-state index contributed by atoms with van der Waals surface area (Å²) in [7, 11) is 0. The van der Waals surface area contributed by atoms with E-state index >= 15 is 0 Å². The highest BCUT2D eigenvalue weighted by Gasteiger charge is 2.31. The fourth-order valence-corrected chi connectivity index (χ4v) is 4.82. The van der Waals surface area contributed by atoms with Gasteiger partial charge in [0.1, 0.15) is 23.9 Å². The van der Waals surface area contributed by atoms with Crippen LogP contribution in [0.25, 0.3) is 10.9 Å². The van der Waals surface area contributed by atoms with Gasteiger partial charge >= 0.3 is 11.9 Å². The number of aliphatic carboxylic acids is 2. The van der Waals surface area contributed by atoms with Gasteiger partial charge in [-0.05, 0) is 68.0 Å². The third kappa shape index (κ3) is 10.6. The average molecular weight is 625 g/mol. The Labute approximate surface area is 259 Å². The molecule has 0 fully saturated rings. The number of fused-ring (bicyclic) bond motifs is 1. The van der Waals surface area contributed by atoms with Gasteiger partial charge in [0.15, 0.2) is 0 Å². The minimum absolute atomic E-state index is 0.0156. The van der Waals surface area contributed by atoms with Gasteiger partial charge in [-0.2, -0.15) is 0 Å². The molecule has 14 nitrogen and oxygen atoms in total. The van der Waals surface area contributed by atoms with Crippen molar-refractivity contribution in [3.8, 4) is 5.75 Å². The molecule has 0 saturated carbocycles. The molecule has 0 aliphatic carbocycles. The van der Waals surface area contributed by atoms with Gasteiger partial charge in [-0.3, -0.25) is 19.2 Å². The first-order valence-electron chi connectivity index (χ1n) is 14.6. The summed E-state index contributed by atoms with van der Waals surface area (Å²) in [5, 5.41) is 36.8. The standard InChI is InChI=1S/C31H40N6O8/c32-14-4-3-7-24(35-28(41)22(33)16-19-17-34-23-6-2-1-5-21(19)23)29(42)36-25(12-13-27(39)40)30(43)37-26(31(44)45)15-18-8-10-20(38)11-9-18/h1-2,5-6,8-11,17,22,24-26,34,38H,3-4,7,12-16,32-33H2,(H,35,41)(H,36,42)(H,37,43)(H,39,40)(H,44,45). The lowest BCUT2D eigenvalue weighted by molar-refractivity contribution is -0.143. The average Bonchev–Trinajstić information content (AvgIpc) is 3.41. The van der Waals surface area contributed by atoms with Crippen LogP contribution in [-0.2, 0) is 36.8 Å². The second-order valence-corrected chi connectivity index (χ2v) is 10.8. The van der Waals surface area contributed by atoms with E-state index in [1.807, 2.05) is 24.3 Å². The summed E-state index contributed by atoms with van der Waals surface area (Å²) >= 11 is 0. The molecule has 4 atom stereocenters. The Bertz CT molecular complexity index is 1470. The number of phenolic OH excluding ortho intramolecular Hbond substituents is 1. The summed E-state index contributed by atoms with van der Waals surface area (Å²) in [5.41, 5.74) is 14.0. The maximum atomic E-state index is 13.4. The van der Waals surface area contributed by atoms with Crippen molar-refractivity contribution in [2.45, 2.75) is 69.1 Å². The zero-order chi connectivity index (χ0) is 32.9. The number of phenols is 1. The SMILES string of the molecule is NCCCCC(NC(=O)C(N)Cc1c[nH]c2ccccc12)C(=O)NC(CCC(=O)O)C(=O)NC(Cc1ccc(O)cc1)C(=O)O. The smallest absolute Gasteiger partial charge is 0.326 e. The van der Waals surface area contributed by atoms with Crippen LogP contribution in [0.1, 0.15) is 43.2 Å². The van der Waals surface area contributed by atoms with Crippen LogP contribution in [0.15, 0.2) is 54.7 Å². The molecule has 3 aromatic rings. The molecule has 0 bridgehead atoms. The number of benzene rings is 2. The molecule has 0 saturated heterocycles. The first kappa shape index (κ1) is 34.5. The van der Waals surface area contributed by atoms with E-state index in [1.54, 1.807) is 6.20 Å². The summed E-state index contributed by atoms with van der Waals surface area (Å²) in [6, 6.07) is 8.34. The monoisotopic (exact) mass is 624 g/mol. The Morgan fingerprint density at radius 3 is 2.04 bits per heavy atom. The van der Waals surface area contributed by atoms with Crippen LogP contribution in [0, 0.1) is 0 Å². The molecule has 0 aliphatic heterocycles. The molecule has 14 heteroatoms.